The highest BCUT2D eigenvalue weighted by Gasteiger charge is 2.18. The van der Waals surface area contributed by atoms with Crippen LogP contribution in [0.15, 0.2) is 42.6 Å². The molecule has 0 saturated carbocycles. The molecule has 0 saturated heterocycles. The van der Waals surface area contributed by atoms with Gasteiger partial charge in [-0.25, -0.2) is 4.98 Å². The van der Waals surface area contributed by atoms with Gasteiger partial charge < -0.3 is 10.6 Å². The minimum atomic E-state index is -0.134. The fourth-order valence-corrected chi connectivity index (χ4v) is 2.99. The van der Waals surface area contributed by atoms with Gasteiger partial charge >= 0.3 is 0 Å². The van der Waals surface area contributed by atoms with Crippen molar-refractivity contribution in [2.45, 2.75) is 33.2 Å². The zero-order chi connectivity index (χ0) is 18.5. The average molecular weight is 371 g/mol. The van der Waals surface area contributed by atoms with Gasteiger partial charge in [0.25, 0.3) is 5.91 Å². The van der Waals surface area contributed by atoms with Crippen LogP contribution in [0.1, 0.15) is 42.0 Å². The fourth-order valence-electron chi connectivity index (χ4n) is 2.83. The molecule has 2 aromatic heterocycles. The standard InChI is InChI=1S/C20H23ClN4O/c1-3-10-22-16-7-5-14(6-8-16)13-23-20(26)19-17(4-2)24-18-12-15(21)9-11-25(18)19/h5-9,11-12,22H,3-4,10,13H2,1-2H3,(H,23,26). The van der Waals surface area contributed by atoms with Crippen LogP contribution in [0.5, 0.6) is 0 Å². The second-order valence-electron chi connectivity index (χ2n) is 6.14. The molecular weight excluding hydrogens is 348 g/mol. The number of amides is 1. The highest BCUT2D eigenvalue weighted by molar-refractivity contribution is 6.30. The first-order chi connectivity index (χ1) is 12.6. The number of aromatic nitrogens is 2. The molecule has 3 rings (SSSR count). The quantitative estimate of drug-likeness (QED) is 0.651. The van der Waals surface area contributed by atoms with Crippen molar-refractivity contribution in [2.24, 2.45) is 0 Å². The molecule has 0 fully saturated rings. The summed E-state index contributed by atoms with van der Waals surface area (Å²) in [5.74, 6) is -0.134. The lowest BCUT2D eigenvalue weighted by Crippen LogP contribution is -2.25. The highest BCUT2D eigenvalue weighted by Crippen LogP contribution is 2.18. The Bertz CT molecular complexity index is 902. The van der Waals surface area contributed by atoms with Crippen molar-refractivity contribution in [1.29, 1.82) is 0 Å². The van der Waals surface area contributed by atoms with E-state index in [1.54, 1.807) is 22.7 Å². The van der Waals surface area contributed by atoms with Crippen LogP contribution >= 0.6 is 11.6 Å². The van der Waals surface area contributed by atoms with Gasteiger partial charge in [0.15, 0.2) is 0 Å². The lowest BCUT2D eigenvalue weighted by atomic mass is 10.2. The summed E-state index contributed by atoms with van der Waals surface area (Å²) in [6.45, 7) is 5.54. The Balaban J connectivity index is 1.73. The van der Waals surface area contributed by atoms with Crippen LogP contribution in [0, 0.1) is 0 Å². The second kappa shape index (κ2) is 8.23. The Morgan fingerprint density at radius 1 is 1.19 bits per heavy atom. The summed E-state index contributed by atoms with van der Waals surface area (Å²) in [7, 11) is 0. The number of benzene rings is 1. The summed E-state index contributed by atoms with van der Waals surface area (Å²) in [5, 5.41) is 6.94. The summed E-state index contributed by atoms with van der Waals surface area (Å²) in [5.41, 5.74) is 4.17. The smallest absolute Gasteiger partial charge is 0.270 e. The third-order valence-corrected chi connectivity index (χ3v) is 4.43. The van der Waals surface area contributed by atoms with E-state index in [0.29, 0.717) is 29.3 Å². The van der Waals surface area contributed by atoms with Gasteiger partial charge in [0, 0.05) is 36.1 Å². The van der Waals surface area contributed by atoms with Crippen molar-refractivity contribution in [3.8, 4) is 0 Å². The number of pyridine rings is 1. The summed E-state index contributed by atoms with van der Waals surface area (Å²) < 4.78 is 1.79. The normalized spacial score (nSPS) is 10.9. The summed E-state index contributed by atoms with van der Waals surface area (Å²) in [6, 6.07) is 11.6. The Morgan fingerprint density at radius 2 is 1.96 bits per heavy atom. The molecule has 0 aliphatic heterocycles. The lowest BCUT2D eigenvalue weighted by Gasteiger charge is -2.09. The number of fused-ring (bicyclic) bond motifs is 1. The van der Waals surface area contributed by atoms with Crippen molar-refractivity contribution in [1.82, 2.24) is 14.7 Å². The summed E-state index contributed by atoms with van der Waals surface area (Å²) in [6.07, 6.45) is 3.55. The van der Waals surface area contributed by atoms with Gasteiger partial charge in [-0.1, -0.05) is 37.6 Å². The highest BCUT2D eigenvalue weighted by atomic mass is 35.5. The van der Waals surface area contributed by atoms with E-state index in [-0.39, 0.29) is 5.91 Å². The monoisotopic (exact) mass is 370 g/mol. The minimum absolute atomic E-state index is 0.134. The van der Waals surface area contributed by atoms with E-state index < -0.39 is 0 Å². The van der Waals surface area contributed by atoms with Crippen LogP contribution in [-0.2, 0) is 13.0 Å². The molecule has 0 aliphatic carbocycles. The van der Waals surface area contributed by atoms with Crippen molar-refractivity contribution in [3.05, 3.63) is 64.6 Å². The molecule has 0 radical (unpaired) electrons. The number of carbonyl (C=O) groups is 1. The largest absolute Gasteiger partial charge is 0.385 e. The van der Waals surface area contributed by atoms with Crippen LogP contribution in [0.25, 0.3) is 5.65 Å². The molecule has 2 N–H and O–H groups in total. The first-order valence-corrected chi connectivity index (χ1v) is 9.27. The SMILES string of the molecule is CCCNc1ccc(CNC(=O)c2c(CC)nc3cc(Cl)ccn23)cc1. The molecule has 136 valence electrons. The van der Waals surface area contributed by atoms with E-state index in [2.05, 4.69) is 22.5 Å². The van der Waals surface area contributed by atoms with Gasteiger partial charge in [0.05, 0.1) is 5.69 Å². The Hall–Kier alpha value is -2.53. The van der Waals surface area contributed by atoms with Crippen LogP contribution in [0.2, 0.25) is 5.02 Å². The fraction of sp³-hybridized carbons (Fsp3) is 0.300. The molecular formula is C20H23ClN4O. The number of anilines is 1. The molecule has 0 aliphatic rings. The first-order valence-electron chi connectivity index (χ1n) is 8.89. The number of hydrogen-bond acceptors (Lipinski definition) is 3. The topological polar surface area (TPSA) is 58.4 Å². The van der Waals surface area contributed by atoms with Gasteiger partial charge in [-0.3, -0.25) is 9.20 Å². The molecule has 1 amide bonds. The van der Waals surface area contributed by atoms with E-state index in [4.69, 9.17) is 11.6 Å². The number of imidazole rings is 1. The van der Waals surface area contributed by atoms with Crippen molar-refractivity contribution < 1.29 is 4.79 Å². The van der Waals surface area contributed by atoms with Gasteiger partial charge in [-0.2, -0.15) is 0 Å². The molecule has 5 nitrogen and oxygen atoms in total. The number of hydrogen-bond donors (Lipinski definition) is 2. The zero-order valence-electron chi connectivity index (χ0n) is 15.1. The molecule has 1 aromatic carbocycles. The molecule has 2 heterocycles. The zero-order valence-corrected chi connectivity index (χ0v) is 15.8. The van der Waals surface area contributed by atoms with Crippen LogP contribution < -0.4 is 10.6 Å². The van der Waals surface area contributed by atoms with Crippen molar-refractivity contribution in [2.75, 3.05) is 11.9 Å². The van der Waals surface area contributed by atoms with Gasteiger partial charge in [-0.15, -0.1) is 0 Å². The van der Waals surface area contributed by atoms with E-state index >= 15 is 0 Å². The third kappa shape index (κ3) is 3.99. The molecule has 3 aromatic rings. The number of halogens is 1. The molecule has 0 spiro atoms. The van der Waals surface area contributed by atoms with E-state index in [9.17, 15) is 4.79 Å². The lowest BCUT2D eigenvalue weighted by molar-refractivity contribution is 0.0944. The number of nitrogens with one attached hydrogen (secondary N) is 2. The Labute approximate surface area is 158 Å². The maximum Gasteiger partial charge on any atom is 0.270 e. The molecule has 0 unspecified atom stereocenters. The Kier molecular flexibility index (Phi) is 5.78. The molecule has 0 bridgehead atoms. The van der Waals surface area contributed by atoms with Crippen LogP contribution in [-0.4, -0.2) is 21.8 Å². The van der Waals surface area contributed by atoms with E-state index in [1.165, 1.54) is 0 Å². The van der Waals surface area contributed by atoms with Crippen LogP contribution in [0.4, 0.5) is 5.69 Å². The molecule has 0 atom stereocenters. The third-order valence-electron chi connectivity index (χ3n) is 4.20. The maximum atomic E-state index is 12.7. The molecule has 6 heteroatoms. The predicted molar refractivity (Wildman–Crippen MR) is 106 cm³/mol. The van der Waals surface area contributed by atoms with Crippen molar-refractivity contribution >= 4 is 28.8 Å². The van der Waals surface area contributed by atoms with Gasteiger partial charge in [0.2, 0.25) is 0 Å². The number of aryl methyl sites for hydroxylation is 1. The van der Waals surface area contributed by atoms with Crippen molar-refractivity contribution in [3.63, 3.8) is 0 Å². The first kappa shape index (κ1) is 18.3. The minimum Gasteiger partial charge on any atom is -0.385 e. The van der Waals surface area contributed by atoms with Gasteiger partial charge in [0.1, 0.15) is 11.3 Å². The number of nitrogens with zero attached hydrogens (tertiary/aromatic N) is 2. The average Bonchev–Trinajstić information content (AvgIpc) is 3.03. The second-order valence-corrected chi connectivity index (χ2v) is 6.58. The van der Waals surface area contributed by atoms with E-state index in [0.717, 1.165) is 29.9 Å². The predicted octanol–water partition coefficient (Wildman–Crippen LogP) is 4.30. The maximum absolute atomic E-state index is 12.7. The van der Waals surface area contributed by atoms with E-state index in [1.807, 2.05) is 31.2 Å². The van der Waals surface area contributed by atoms with Gasteiger partial charge in [-0.05, 0) is 36.6 Å². The Morgan fingerprint density at radius 3 is 2.65 bits per heavy atom. The summed E-state index contributed by atoms with van der Waals surface area (Å²) >= 11 is 6.03. The summed E-state index contributed by atoms with van der Waals surface area (Å²) in [4.78, 5) is 17.3. The number of carbonyl (C=O) groups excluding carboxylic acids is 1. The number of rotatable bonds is 7. The molecule has 26 heavy (non-hydrogen) atoms. The van der Waals surface area contributed by atoms with Crippen LogP contribution in [0.3, 0.4) is 0 Å².